The molecule has 1 aliphatic heterocycles. The van der Waals surface area contributed by atoms with Crippen molar-refractivity contribution in [3.63, 3.8) is 0 Å². The van der Waals surface area contributed by atoms with Crippen LogP contribution in [0.5, 0.6) is 5.75 Å². The Balaban J connectivity index is 1.62. The summed E-state index contributed by atoms with van der Waals surface area (Å²) in [6.07, 6.45) is 3.53. The van der Waals surface area contributed by atoms with Crippen LogP contribution in [0.25, 0.3) is 0 Å². The van der Waals surface area contributed by atoms with Gasteiger partial charge >= 0.3 is 0 Å². The van der Waals surface area contributed by atoms with E-state index in [0.717, 1.165) is 29.3 Å². The number of aliphatic hydroxyl groups is 2. The maximum atomic E-state index is 13.3. The van der Waals surface area contributed by atoms with Gasteiger partial charge in [-0.15, -0.1) is 0 Å². The van der Waals surface area contributed by atoms with Gasteiger partial charge in [0.2, 0.25) is 11.8 Å². The molecule has 2 amide bonds. The number of aliphatic hydroxyl groups excluding tert-OH is 2. The van der Waals surface area contributed by atoms with Gasteiger partial charge in [0.15, 0.2) is 0 Å². The Kier molecular flexibility index (Phi) is 8.26. The van der Waals surface area contributed by atoms with Crippen LogP contribution in [-0.2, 0) is 14.3 Å². The number of nitrogens with one attached hydrogen (secondary N) is 1. The molecule has 0 radical (unpaired) electrons. The first kappa shape index (κ1) is 24.4. The average Bonchev–Trinajstić information content (AvgIpc) is 3.54. The number of carbonyl (C=O) groups excluding carboxylic acids is 2. The molecule has 33 heavy (non-hydrogen) atoms. The minimum Gasteiger partial charge on any atom is -0.482 e. The zero-order valence-electron chi connectivity index (χ0n) is 18.5. The lowest BCUT2D eigenvalue weighted by molar-refractivity contribution is -0.142. The molecule has 4 rings (SSSR count). The number of halogens is 1. The van der Waals surface area contributed by atoms with Gasteiger partial charge in [-0.1, -0.05) is 12.1 Å². The zero-order chi connectivity index (χ0) is 23.4. The van der Waals surface area contributed by atoms with E-state index in [4.69, 9.17) is 14.6 Å². The van der Waals surface area contributed by atoms with E-state index in [2.05, 4.69) is 27.9 Å². The van der Waals surface area contributed by atoms with E-state index in [1.807, 2.05) is 24.3 Å². The smallest absolute Gasteiger partial charge is 0.247 e. The normalized spacial score (nSPS) is 27.1. The summed E-state index contributed by atoms with van der Waals surface area (Å²) in [5, 5.41) is 23.2. The number of para-hydroxylation sites is 1. The molecule has 0 bridgehead atoms. The fourth-order valence-electron chi connectivity index (χ4n) is 4.43. The van der Waals surface area contributed by atoms with Gasteiger partial charge in [-0.05, 0) is 66.5 Å². The molecule has 1 heterocycles. The Labute approximate surface area is 207 Å². The molecule has 1 aromatic carbocycles. The van der Waals surface area contributed by atoms with Crippen LogP contribution in [0, 0.1) is 9.49 Å². The summed E-state index contributed by atoms with van der Waals surface area (Å²) < 4.78 is 12.8. The third kappa shape index (κ3) is 6.06. The topological polar surface area (TPSA) is 108 Å². The van der Waals surface area contributed by atoms with E-state index in [-0.39, 0.29) is 43.4 Å². The number of rotatable bonds is 9. The minimum atomic E-state index is -1.00. The number of carbonyl (C=O) groups is 2. The SMILES string of the molecule is O=C(NCCO)C1=C[C@H](Oc2ccccc2I)[C@@H](O)[C@H](N(C[C@@H]2CCCO2)C(=O)C2CC2)C1. The molecule has 3 aliphatic rings. The lowest BCUT2D eigenvalue weighted by Gasteiger charge is -2.41. The molecule has 2 fully saturated rings. The molecule has 3 N–H and O–H groups in total. The van der Waals surface area contributed by atoms with Crippen LogP contribution in [0.3, 0.4) is 0 Å². The monoisotopic (exact) mass is 570 g/mol. The number of amides is 2. The van der Waals surface area contributed by atoms with E-state index < -0.39 is 18.2 Å². The second-order valence-electron chi connectivity index (χ2n) is 8.85. The predicted octanol–water partition coefficient (Wildman–Crippen LogP) is 1.62. The van der Waals surface area contributed by atoms with Crippen molar-refractivity contribution in [2.75, 3.05) is 26.3 Å². The summed E-state index contributed by atoms with van der Waals surface area (Å²) in [6.45, 7) is 1.04. The van der Waals surface area contributed by atoms with Crippen LogP contribution in [0.2, 0.25) is 0 Å². The van der Waals surface area contributed by atoms with Gasteiger partial charge in [0.05, 0.1) is 22.3 Å². The Morgan fingerprint density at radius 3 is 2.70 bits per heavy atom. The fourth-order valence-corrected chi connectivity index (χ4v) is 4.94. The number of hydrogen-bond donors (Lipinski definition) is 3. The third-order valence-corrected chi connectivity index (χ3v) is 7.24. The fraction of sp³-hybridized carbons (Fsp3) is 0.583. The van der Waals surface area contributed by atoms with Crippen molar-refractivity contribution in [3.05, 3.63) is 39.5 Å². The zero-order valence-corrected chi connectivity index (χ0v) is 20.6. The van der Waals surface area contributed by atoms with Gasteiger partial charge in [0, 0.05) is 37.6 Å². The number of nitrogens with zero attached hydrogens (tertiary/aromatic N) is 1. The van der Waals surface area contributed by atoms with Crippen LogP contribution in [0.15, 0.2) is 35.9 Å². The molecule has 2 aliphatic carbocycles. The van der Waals surface area contributed by atoms with Crippen molar-refractivity contribution < 1.29 is 29.3 Å². The highest BCUT2D eigenvalue weighted by molar-refractivity contribution is 14.1. The minimum absolute atomic E-state index is 0.0135. The van der Waals surface area contributed by atoms with E-state index in [1.54, 1.807) is 11.0 Å². The highest BCUT2D eigenvalue weighted by atomic mass is 127. The predicted molar refractivity (Wildman–Crippen MR) is 130 cm³/mol. The summed E-state index contributed by atoms with van der Waals surface area (Å²) in [5.74, 6) is 0.270. The van der Waals surface area contributed by atoms with E-state index in [0.29, 0.717) is 24.5 Å². The highest BCUT2D eigenvalue weighted by Gasteiger charge is 2.44. The number of hydrogen-bond acceptors (Lipinski definition) is 6. The molecular formula is C24H31IN2O6. The second kappa shape index (κ2) is 11.2. The van der Waals surface area contributed by atoms with Crippen molar-refractivity contribution in [3.8, 4) is 5.75 Å². The summed E-state index contributed by atoms with van der Waals surface area (Å²) in [5.41, 5.74) is 0.440. The van der Waals surface area contributed by atoms with Crippen LogP contribution in [0.4, 0.5) is 0 Å². The Bertz CT molecular complexity index is 883. The molecule has 1 saturated carbocycles. The van der Waals surface area contributed by atoms with Crippen LogP contribution < -0.4 is 10.1 Å². The lowest BCUT2D eigenvalue weighted by Crippen LogP contribution is -2.57. The molecule has 1 aromatic rings. The van der Waals surface area contributed by atoms with E-state index in [9.17, 15) is 14.7 Å². The molecule has 4 atom stereocenters. The van der Waals surface area contributed by atoms with Crippen LogP contribution >= 0.6 is 22.6 Å². The van der Waals surface area contributed by atoms with Gasteiger partial charge in [0.25, 0.3) is 0 Å². The molecule has 0 spiro atoms. The van der Waals surface area contributed by atoms with Gasteiger partial charge in [-0.25, -0.2) is 0 Å². The van der Waals surface area contributed by atoms with Gasteiger partial charge in [-0.3, -0.25) is 9.59 Å². The maximum absolute atomic E-state index is 13.3. The molecule has 1 saturated heterocycles. The average molecular weight is 570 g/mol. The Morgan fingerprint density at radius 2 is 2.03 bits per heavy atom. The second-order valence-corrected chi connectivity index (χ2v) is 10.0. The first-order valence-corrected chi connectivity index (χ1v) is 12.7. The lowest BCUT2D eigenvalue weighted by atomic mass is 9.87. The molecule has 180 valence electrons. The highest BCUT2D eigenvalue weighted by Crippen LogP contribution is 2.36. The van der Waals surface area contributed by atoms with Gasteiger partial charge in [-0.2, -0.15) is 0 Å². The summed E-state index contributed by atoms with van der Waals surface area (Å²) in [6, 6.07) is 6.87. The number of ether oxygens (including phenoxy) is 2. The number of benzene rings is 1. The van der Waals surface area contributed by atoms with Crippen molar-refractivity contribution in [2.24, 2.45) is 5.92 Å². The Hall–Kier alpha value is -1.69. The van der Waals surface area contributed by atoms with E-state index in [1.165, 1.54) is 0 Å². The third-order valence-electron chi connectivity index (χ3n) is 6.35. The molecule has 0 aromatic heterocycles. The van der Waals surface area contributed by atoms with Crippen molar-refractivity contribution >= 4 is 34.4 Å². The maximum Gasteiger partial charge on any atom is 0.247 e. The molecular weight excluding hydrogens is 539 g/mol. The molecule has 0 unspecified atom stereocenters. The van der Waals surface area contributed by atoms with Crippen molar-refractivity contribution in [1.29, 1.82) is 0 Å². The summed E-state index contributed by atoms with van der Waals surface area (Å²) in [4.78, 5) is 27.8. The van der Waals surface area contributed by atoms with E-state index >= 15 is 0 Å². The van der Waals surface area contributed by atoms with Gasteiger partial charge in [0.1, 0.15) is 18.0 Å². The summed E-state index contributed by atoms with van der Waals surface area (Å²) >= 11 is 2.16. The first-order valence-electron chi connectivity index (χ1n) is 11.6. The summed E-state index contributed by atoms with van der Waals surface area (Å²) in [7, 11) is 0. The standard InChI is InChI=1S/C24H31IN2O6/c25-18-5-1-2-6-20(18)33-21-13-16(23(30)26-9-10-28)12-19(22(21)29)27(24(31)15-7-8-15)14-17-4-3-11-32-17/h1-2,5-6,13,15,17,19,21-22,28-29H,3-4,7-12,14H2,(H,26,30)/t17-,19+,21-,22-/m0/s1. The largest absolute Gasteiger partial charge is 0.482 e. The molecule has 8 nitrogen and oxygen atoms in total. The first-order chi connectivity index (χ1) is 16.0. The van der Waals surface area contributed by atoms with Crippen molar-refractivity contribution in [1.82, 2.24) is 10.2 Å². The van der Waals surface area contributed by atoms with Crippen LogP contribution in [-0.4, -0.2) is 77.6 Å². The Morgan fingerprint density at radius 1 is 1.24 bits per heavy atom. The molecule has 9 heteroatoms. The van der Waals surface area contributed by atoms with Crippen molar-refractivity contribution in [2.45, 2.75) is 56.5 Å². The van der Waals surface area contributed by atoms with Crippen LogP contribution in [0.1, 0.15) is 32.1 Å². The van der Waals surface area contributed by atoms with Gasteiger partial charge < -0.3 is 29.9 Å². The quantitative estimate of drug-likeness (QED) is 0.390.